The van der Waals surface area contributed by atoms with Gasteiger partial charge in [-0.1, -0.05) is 0 Å². The van der Waals surface area contributed by atoms with Crippen LogP contribution in [0.3, 0.4) is 0 Å². The average molecular weight is 149 g/mol. The van der Waals surface area contributed by atoms with E-state index in [9.17, 15) is 0 Å². The minimum atomic E-state index is -1.28. The Labute approximate surface area is 42.0 Å². The molecule has 0 aliphatic carbocycles. The zero-order valence-electron chi connectivity index (χ0n) is 4.89. The van der Waals surface area contributed by atoms with E-state index >= 15 is 0 Å². The van der Waals surface area contributed by atoms with Crippen LogP contribution in [0.1, 0.15) is 0 Å². The SMILES string of the molecule is CN=[As](C)(C)C. The molecule has 0 aliphatic heterocycles. The van der Waals surface area contributed by atoms with Gasteiger partial charge in [-0.25, -0.2) is 0 Å². The van der Waals surface area contributed by atoms with Gasteiger partial charge >= 0.3 is 41.4 Å². The van der Waals surface area contributed by atoms with Crippen molar-refractivity contribution in [3.05, 3.63) is 0 Å². The first-order chi connectivity index (χ1) is 2.56. The van der Waals surface area contributed by atoms with Crippen molar-refractivity contribution in [2.24, 2.45) is 3.86 Å². The minimum absolute atomic E-state index is 1.28. The van der Waals surface area contributed by atoms with Crippen molar-refractivity contribution in [3.63, 3.8) is 0 Å². The van der Waals surface area contributed by atoms with Crippen molar-refractivity contribution in [2.45, 2.75) is 17.1 Å². The molecule has 0 radical (unpaired) electrons. The van der Waals surface area contributed by atoms with Gasteiger partial charge < -0.3 is 0 Å². The van der Waals surface area contributed by atoms with E-state index in [0.29, 0.717) is 0 Å². The average Bonchev–Trinajstić information content (AvgIpc) is 1.35. The Morgan fingerprint density at radius 2 is 1.33 bits per heavy atom. The third-order valence-electron chi connectivity index (χ3n) is 0.600. The monoisotopic (exact) mass is 149 g/mol. The van der Waals surface area contributed by atoms with Gasteiger partial charge in [-0.3, -0.25) is 0 Å². The van der Waals surface area contributed by atoms with Crippen LogP contribution in [0, 0.1) is 0 Å². The van der Waals surface area contributed by atoms with Crippen LogP contribution in [0.25, 0.3) is 0 Å². The Kier molecular flexibility index (Phi) is 1.99. The van der Waals surface area contributed by atoms with Gasteiger partial charge in [0, 0.05) is 0 Å². The summed E-state index contributed by atoms with van der Waals surface area (Å²) in [7, 11) is 1.91. The summed E-state index contributed by atoms with van der Waals surface area (Å²) in [6, 6.07) is 0. The fourth-order valence-electron chi connectivity index (χ4n) is 0. The van der Waals surface area contributed by atoms with Crippen molar-refractivity contribution in [1.82, 2.24) is 0 Å². The van der Waals surface area contributed by atoms with Crippen LogP contribution in [0.4, 0.5) is 0 Å². The van der Waals surface area contributed by atoms with Crippen molar-refractivity contribution in [1.29, 1.82) is 0 Å². The van der Waals surface area contributed by atoms with Crippen molar-refractivity contribution in [2.75, 3.05) is 7.05 Å². The van der Waals surface area contributed by atoms with Gasteiger partial charge in [-0.15, -0.1) is 0 Å². The first kappa shape index (κ1) is 6.36. The van der Waals surface area contributed by atoms with E-state index in [1.807, 2.05) is 7.05 Å². The van der Waals surface area contributed by atoms with E-state index < -0.39 is 13.4 Å². The van der Waals surface area contributed by atoms with Gasteiger partial charge in [0.15, 0.2) is 0 Å². The Bertz CT molecular complexity index is 71.3. The maximum atomic E-state index is 4.19. The second-order valence-corrected chi connectivity index (χ2v) is 11.1. The van der Waals surface area contributed by atoms with Crippen molar-refractivity contribution >= 4 is 13.4 Å². The van der Waals surface area contributed by atoms with Crippen LogP contribution in [-0.4, -0.2) is 20.4 Å². The second-order valence-electron chi connectivity index (χ2n) is 2.14. The Morgan fingerprint density at radius 1 is 1.17 bits per heavy atom. The zero-order chi connectivity index (χ0) is 5.21. The third-order valence-corrected chi connectivity index (χ3v) is 3.12. The molecule has 0 saturated heterocycles. The van der Waals surface area contributed by atoms with Crippen LogP contribution >= 0.6 is 0 Å². The van der Waals surface area contributed by atoms with E-state index in [2.05, 4.69) is 21.0 Å². The van der Waals surface area contributed by atoms with E-state index in [4.69, 9.17) is 0 Å². The normalized spacial score (nSPS) is 11.3. The van der Waals surface area contributed by atoms with Crippen LogP contribution in [0.5, 0.6) is 0 Å². The third kappa shape index (κ3) is 4.36. The molecule has 0 unspecified atom stereocenters. The van der Waals surface area contributed by atoms with Gasteiger partial charge in [0.05, 0.1) is 0 Å². The number of hydrogen-bond donors (Lipinski definition) is 0. The number of hydrogen-bond acceptors (Lipinski definition) is 1. The fourth-order valence-corrected chi connectivity index (χ4v) is 0. The van der Waals surface area contributed by atoms with E-state index in [1.165, 1.54) is 0 Å². The molecule has 1 nitrogen and oxygen atoms in total. The summed E-state index contributed by atoms with van der Waals surface area (Å²) in [5.41, 5.74) is 6.74. The number of rotatable bonds is 0. The molecule has 38 valence electrons. The number of nitrogens with zero attached hydrogens (tertiary/aromatic N) is 1. The molecule has 0 aromatic heterocycles. The van der Waals surface area contributed by atoms with Gasteiger partial charge in [-0.05, 0) is 0 Å². The zero-order valence-corrected chi connectivity index (χ0v) is 6.77. The molecule has 0 heterocycles. The van der Waals surface area contributed by atoms with E-state index in [0.717, 1.165) is 0 Å². The molecule has 0 aliphatic rings. The summed E-state index contributed by atoms with van der Waals surface area (Å²) in [5, 5.41) is 0. The molecule has 0 atom stereocenters. The molecule has 0 saturated carbocycles. The molecule has 2 heteroatoms. The van der Waals surface area contributed by atoms with Crippen LogP contribution in [0.15, 0.2) is 3.86 Å². The molecule has 0 aromatic carbocycles. The summed E-state index contributed by atoms with van der Waals surface area (Å²) >= 11 is -1.28. The summed E-state index contributed by atoms with van der Waals surface area (Å²) in [4.78, 5) is 0. The van der Waals surface area contributed by atoms with Gasteiger partial charge in [0.2, 0.25) is 0 Å². The topological polar surface area (TPSA) is 12.4 Å². The molecule has 0 aromatic rings. The first-order valence-corrected chi connectivity index (χ1v) is 8.46. The van der Waals surface area contributed by atoms with Gasteiger partial charge in [0.1, 0.15) is 0 Å². The quantitative estimate of drug-likeness (QED) is 0.465. The van der Waals surface area contributed by atoms with Crippen molar-refractivity contribution in [3.8, 4) is 0 Å². The molecule has 6 heavy (non-hydrogen) atoms. The predicted octanol–water partition coefficient (Wildman–Crippen LogP) is 1.72. The summed E-state index contributed by atoms with van der Waals surface area (Å²) < 4.78 is 4.19. The standard InChI is InChI=1S/C4H12AsN/c1-5(2,3)6-4/h1-4H3. The molecule has 0 N–H and O–H groups in total. The van der Waals surface area contributed by atoms with Crippen molar-refractivity contribution < 1.29 is 0 Å². The maximum absolute atomic E-state index is 4.19. The van der Waals surface area contributed by atoms with E-state index in [1.54, 1.807) is 0 Å². The Morgan fingerprint density at radius 3 is 1.33 bits per heavy atom. The first-order valence-electron chi connectivity index (χ1n) is 1.99. The fraction of sp³-hybridized carbons (Fsp3) is 1.00. The van der Waals surface area contributed by atoms with Crippen LogP contribution < -0.4 is 0 Å². The molecular weight excluding hydrogens is 137 g/mol. The molecule has 0 amide bonds. The van der Waals surface area contributed by atoms with Gasteiger partial charge in [-0.2, -0.15) is 0 Å². The summed E-state index contributed by atoms with van der Waals surface area (Å²) in [6.45, 7) is 0. The second kappa shape index (κ2) is 1.88. The molecular formula is C4H12AsN. The summed E-state index contributed by atoms with van der Waals surface area (Å²) in [6.07, 6.45) is 0. The molecule has 0 rings (SSSR count). The predicted molar refractivity (Wildman–Crippen MR) is 31.7 cm³/mol. The molecule has 0 bridgehead atoms. The van der Waals surface area contributed by atoms with Crippen LogP contribution in [-0.2, 0) is 0 Å². The Hall–Kier alpha value is 0.358. The molecule has 0 spiro atoms. The van der Waals surface area contributed by atoms with E-state index in [-0.39, 0.29) is 0 Å². The molecule has 0 fully saturated rings. The van der Waals surface area contributed by atoms with Crippen LogP contribution in [0.2, 0.25) is 17.1 Å². The summed E-state index contributed by atoms with van der Waals surface area (Å²) in [5.74, 6) is 0. The van der Waals surface area contributed by atoms with Gasteiger partial charge in [0.25, 0.3) is 0 Å². The Balaban J connectivity index is 3.79.